The van der Waals surface area contributed by atoms with Crippen molar-refractivity contribution in [1.29, 1.82) is 0 Å². The number of hydrogen-bond acceptors (Lipinski definition) is 3. The second-order valence-corrected chi connectivity index (χ2v) is 4.04. The summed E-state index contributed by atoms with van der Waals surface area (Å²) in [5.74, 6) is -1.07. The van der Waals surface area contributed by atoms with Gasteiger partial charge in [0.2, 0.25) is 5.91 Å². The quantitative estimate of drug-likeness (QED) is 0.684. The molecule has 0 unspecified atom stereocenters. The highest BCUT2D eigenvalue weighted by molar-refractivity contribution is 6.35. The van der Waals surface area contributed by atoms with Crippen LogP contribution in [0.15, 0.2) is 30.4 Å². The number of carbonyl (C=O) groups is 2. The predicted octanol–water partition coefficient (Wildman–Crippen LogP) is 3.05. The first kappa shape index (κ1) is 14.5. The fourth-order valence-corrected chi connectivity index (χ4v) is 1.44. The molecule has 1 amide bonds. The Labute approximate surface area is 115 Å². The van der Waals surface area contributed by atoms with Gasteiger partial charge in [0.15, 0.2) is 0 Å². The highest BCUT2D eigenvalue weighted by Crippen LogP contribution is 2.25. The summed E-state index contributed by atoms with van der Waals surface area (Å²) in [5, 5.41) is 3.31. The van der Waals surface area contributed by atoms with Crippen molar-refractivity contribution in [2.75, 3.05) is 11.9 Å². The van der Waals surface area contributed by atoms with Crippen molar-refractivity contribution in [3.63, 3.8) is 0 Å². The van der Waals surface area contributed by atoms with E-state index in [2.05, 4.69) is 10.1 Å². The third kappa shape index (κ3) is 4.77. The van der Waals surface area contributed by atoms with Gasteiger partial charge in [0.25, 0.3) is 0 Å². The van der Waals surface area contributed by atoms with Crippen LogP contribution in [0.25, 0.3) is 0 Å². The third-order valence-corrected chi connectivity index (χ3v) is 2.41. The second-order valence-electron chi connectivity index (χ2n) is 3.20. The normalized spacial score (nSPS) is 10.4. The summed E-state index contributed by atoms with van der Waals surface area (Å²) >= 11 is 11.6. The summed E-state index contributed by atoms with van der Waals surface area (Å²) in [7, 11) is 0. The Balaban J connectivity index is 2.65. The minimum atomic E-state index is -0.579. The van der Waals surface area contributed by atoms with E-state index in [0.29, 0.717) is 15.7 Å². The van der Waals surface area contributed by atoms with Gasteiger partial charge in [-0.1, -0.05) is 23.2 Å². The van der Waals surface area contributed by atoms with Crippen LogP contribution in [-0.4, -0.2) is 18.5 Å². The summed E-state index contributed by atoms with van der Waals surface area (Å²) in [6.07, 6.45) is 2.10. The number of benzene rings is 1. The first-order chi connectivity index (χ1) is 8.52. The Morgan fingerprint density at radius 3 is 2.72 bits per heavy atom. The smallest absolute Gasteiger partial charge is 0.330 e. The molecule has 1 aromatic carbocycles. The summed E-state index contributed by atoms with van der Waals surface area (Å²) < 4.78 is 4.63. The molecule has 0 saturated carbocycles. The molecule has 1 rings (SSSR count). The Morgan fingerprint density at radius 1 is 1.33 bits per heavy atom. The Hall–Kier alpha value is -1.52. The van der Waals surface area contributed by atoms with Gasteiger partial charge in [0, 0.05) is 17.2 Å². The van der Waals surface area contributed by atoms with Gasteiger partial charge in [-0.05, 0) is 25.1 Å². The van der Waals surface area contributed by atoms with Gasteiger partial charge in [-0.2, -0.15) is 0 Å². The Kier molecular flexibility index (Phi) is 5.68. The van der Waals surface area contributed by atoms with E-state index >= 15 is 0 Å². The molecule has 4 nitrogen and oxygen atoms in total. The van der Waals surface area contributed by atoms with E-state index in [-0.39, 0.29) is 6.61 Å². The maximum absolute atomic E-state index is 11.5. The van der Waals surface area contributed by atoms with Crippen molar-refractivity contribution in [1.82, 2.24) is 0 Å². The molecule has 0 radical (unpaired) electrons. The third-order valence-electron chi connectivity index (χ3n) is 1.84. The lowest BCUT2D eigenvalue weighted by atomic mass is 10.3. The number of carbonyl (C=O) groups excluding carboxylic acids is 2. The zero-order valence-electron chi connectivity index (χ0n) is 9.57. The van der Waals surface area contributed by atoms with Crippen molar-refractivity contribution < 1.29 is 14.3 Å². The van der Waals surface area contributed by atoms with E-state index < -0.39 is 11.9 Å². The van der Waals surface area contributed by atoms with Gasteiger partial charge in [-0.25, -0.2) is 4.79 Å². The Bertz CT molecular complexity index is 486. The van der Waals surface area contributed by atoms with Gasteiger partial charge in [0.1, 0.15) is 0 Å². The molecule has 0 fully saturated rings. The molecule has 0 saturated heterocycles. The van der Waals surface area contributed by atoms with Crippen LogP contribution in [0.2, 0.25) is 10.0 Å². The van der Waals surface area contributed by atoms with E-state index in [1.165, 1.54) is 6.07 Å². The molecule has 0 aromatic heterocycles. The number of ether oxygens (including phenoxy) is 1. The van der Waals surface area contributed by atoms with Crippen LogP contribution in [0.3, 0.4) is 0 Å². The van der Waals surface area contributed by atoms with E-state index in [4.69, 9.17) is 23.2 Å². The molecule has 1 aromatic rings. The van der Waals surface area contributed by atoms with Gasteiger partial charge < -0.3 is 10.1 Å². The fourth-order valence-electron chi connectivity index (χ4n) is 1.10. The molecule has 6 heteroatoms. The molecule has 0 atom stereocenters. The van der Waals surface area contributed by atoms with E-state index in [1.54, 1.807) is 19.1 Å². The van der Waals surface area contributed by atoms with Crippen molar-refractivity contribution >= 4 is 40.8 Å². The number of amides is 1. The van der Waals surface area contributed by atoms with Crippen molar-refractivity contribution in [2.45, 2.75) is 6.92 Å². The molecule has 0 bridgehead atoms. The van der Waals surface area contributed by atoms with Crippen LogP contribution < -0.4 is 5.32 Å². The molecule has 0 spiro atoms. The lowest BCUT2D eigenvalue weighted by Crippen LogP contribution is -2.09. The number of nitrogens with one attached hydrogen (secondary N) is 1. The van der Waals surface area contributed by atoms with Crippen molar-refractivity contribution in [3.8, 4) is 0 Å². The minimum absolute atomic E-state index is 0.255. The molecule has 0 aliphatic heterocycles. The maximum Gasteiger partial charge on any atom is 0.330 e. The van der Waals surface area contributed by atoms with Gasteiger partial charge in [-0.15, -0.1) is 0 Å². The van der Waals surface area contributed by atoms with Gasteiger partial charge in [-0.3, -0.25) is 4.79 Å². The molecule has 0 aliphatic carbocycles. The highest BCUT2D eigenvalue weighted by Gasteiger charge is 2.04. The van der Waals surface area contributed by atoms with Crippen LogP contribution in [-0.2, 0) is 14.3 Å². The molecular formula is C12H11Cl2NO3. The van der Waals surface area contributed by atoms with E-state index in [0.717, 1.165) is 12.2 Å². The van der Waals surface area contributed by atoms with Crippen LogP contribution in [0.4, 0.5) is 5.69 Å². The fraction of sp³-hybridized carbons (Fsp3) is 0.167. The topological polar surface area (TPSA) is 55.4 Å². The average Bonchev–Trinajstić information content (AvgIpc) is 2.32. The number of esters is 1. The molecule has 0 aliphatic rings. The molecule has 18 heavy (non-hydrogen) atoms. The Morgan fingerprint density at radius 2 is 2.06 bits per heavy atom. The van der Waals surface area contributed by atoms with Crippen molar-refractivity contribution in [2.24, 2.45) is 0 Å². The van der Waals surface area contributed by atoms with Crippen LogP contribution in [0.1, 0.15) is 6.92 Å². The van der Waals surface area contributed by atoms with E-state index in [1.807, 2.05) is 0 Å². The standard InChI is InChI=1S/C12H11Cl2NO3/c1-2-18-12(17)6-5-11(16)15-10-7-8(13)3-4-9(10)14/h3-7H,2H2,1H3,(H,15,16). The second kappa shape index (κ2) is 7.03. The first-order valence-corrected chi connectivity index (χ1v) is 5.89. The monoisotopic (exact) mass is 287 g/mol. The first-order valence-electron chi connectivity index (χ1n) is 5.13. The summed E-state index contributed by atoms with van der Waals surface area (Å²) in [5.41, 5.74) is 0.377. The van der Waals surface area contributed by atoms with Crippen LogP contribution in [0.5, 0.6) is 0 Å². The largest absolute Gasteiger partial charge is 0.463 e. The molecule has 0 heterocycles. The molecular weight excluding hydrogens is 277 g/mol. The predicted molar refractivity (Wildman–Crippen MR) is 70.9 cm³/mol. The summed E-state index contributed by atoms with van der Waals surface area (Å²) in [4.78, 5) is 22.5. The SMILES string of the molecule is CCOC(=O)C=CC(=O)Nc1cc(Cl)ccc1Cl. The minimum Gasteiger partial charge on any atom is -0.463 e. The van der Waals surface area contributed by atoms with Crippen LogP contribution >= 0.6 is 23.2 Å². The molecule has 96 valence electrons. The zero-order chi connectivity index (χ0) is 13.5. The summed E-state index contributed by atoms with van der Waals surface area (Å²) in [6, 6.07) is 4.68. The average molecular weight is 288 g/mol. The number of rotatable bonds is 4. The lowest BCUT2D eigenvalue weighted by molar-refractivity contribution is -0.137. The number of hydrogen-bond donors (Lipinski definition) is 1. The lowest BCUT2D eigenvalue weighted by Gasteiger charge is -2.04. The maximum atomic E-state index is 11.5. The number of anilines is 1. The van der Waals surface area contributed by atoms with Crippen molar-refractivity contribution in [3.05, 3.63) is 40.4 Å². The van der Waals surface area contributed by atoms with E-state index in [9.17, 15) is 9.59 Å². The summed E-state index contributed by atoms with van der Waals surface area (Å²) in [6.45, 7) is 1.93. The van der Waals surface area contributed by atoms with Gasteiger partial charge >= 0.3 is 5.97 Å². The number of halogens is 2. The van der Waals surface area contributed by atoms with Gasteiger partial charge in [0.05, 0.1) is 17.3 Å². The zero-order valence-corrected chi connectivity index (χ0v) is 11.1. The van der Waals surface area contributed by atoms with Crippen LogP contribution in [0, 0.1) is 0 Å². The molecule has 1 N–H and O–H groups in total. The highest BCUT2D eigenvalue weighted by atomic mass is 35.5.